The smallest absolute Gasteiger partial charge is 0.233 e. The Balaban J connectivity index is 2.57. The number of ketones is 2. The van der Waals surface area contributed by atoms with Crippen LogP contribution >= 0.6 is 0 Å². The second-order valence-electron chi connectivity index (χ2n) is 5.51. The molecule has 130 valence electrons. The number of hydrogen-bond acceptors (Lipinski definition) is 4. The zero-order valence-electron chi connectivity index (χ0n) is 14.2. The summed E-state index contributed by atoms with van der Waals surface area (Å²) in [7, 11) is 1.36. The minimum Gasteiger partial charge on any atom is -0.493 e. The first kappa shape index (κ1) is 18.1. The number of ether oxygens (including phenoxy) is 2. The summed E-state index contributed by atoms with van der Waals surface area (Å²) < 4.78 is 26.1. The zero-order valence-corrected chi connectivity index (χ0v) is 14.2. The van der Waals surface area contributed by atoms with E-state index in [-0.39, 0.29) is 12.2 Å². The molecule has 0 aliphatic heterocycles. The number of Topliss-reactive ketones (excluding diaryl/α,β-unsaturated/α-hetero) is 2. The van der Waals surface area contributed by atoms with Gasteiger partial charge in [-0.3, -0.25) is 9.59 Å². The van der Waals surface area contributed by atoms with E-state index in [2.05, 4.69) is 0 Å². The van der Waals surface area contributed by atoms with Crippen LogP contribution in [0.25, 0.3) is 10.9 Å². The van der Waals surface area contributed by atoms with Crippen molar-refractivity contribution in [1.29, 1.82) is 0 Å². The standard InChI is InChI=1S/C18H22FNO4/c1-4-6-7-24-16-9-12(19)8-14-17(16)13(10-20(14)5-2)18(22)15(21)11-23-3/h8-10H,4-7,11H2,1-3H3. The third-order valence-corrected chi connectivity index (χ3v) is 3.78. The van der Waals surface area contributed by atoms with Crippen LogP contribution in [0.1, 0.15) is 37.0 Å². The highest BCUT2D eigenvalue weighted by atomic mass is 19.1. The number of halogens is 1. The summed E-state index contributed by atoms with van der Waals surface area (Å²) in [6, 6.07) is 2.61. The molecule has 0 saturated heterocycles. The monoisotopic (exact) mass is 335 g/mol. The van der Waals surface area contributed by atoms with Crippen molar-refractivity contribution in [3.8, 4) is 5.75 Å². The molecular weight excluding hydrogens is 313 g/mol. The van der Waals surface area contributed by atoms with Gasteiger partial charge in [-0.15, -0.1) is 0 Å². The molecule has 1 heterocycles. The number of aromatic nitrogens is 1. The predicted molar refractivity (Wildman–Crippen MR) is 89.2 cm³/mol. The van der Waals surface area contributed by atoms with Crippen molar-refractivity contribution >= 4 is 22.5 Å². The lowest BCUT2D eigenvalue weighted by atomic mass is 10.1. The molecule has 0 radical (unpaired) electrons. The van der Waals surface area contributed by atoms with Crippen LogP contribution in [0.4, 0.5) is 4.39 Å². The molecule has 2 aromatic rings. The van der Waals surface area contributed by atoms with Gasteiger partial charge in [-0.05, 0) is 19.4 Å². The average Bonchev–Trinajstić information content (AvgIpc) is 2.93. The topological polar surface area (TPSA) is 57.5 Å². The first-order valence-electron chi connectivity index (χ1n) is 8.05. The second kappa shape index (κ2) is 8.06. The molecule has 6 heteroatoms. The van der Waals surface area contributed by atoms with Crippen LogP contribution in [-0.4, -0.2) is 36.5 Å². The number of benzene rings is 1. The third-order valence-electron chi connectivity index (χ3n) is 3.78. The fourth-order valence-electron chi connectivity index (χ4n) is 2.58. The maximum atomic E-state index is 13.9. The third kappa shape index (κ3) is 3.64. The Morgan fingerprint density at radius 3 is 2.62 bits per heavy atom. The molecule has 0 aliphatic carbocycles. The molecule has 0 unspecified atom stereocenters. The minimum absolute atomic E-state index is 0.223. The molecule has 1 aromatic heterocycles. The van der Waals surface area contributed by atoms with E-state index in [0.29, 0.717) is 29.8 Å². The number of carbonyl (C=O) groups is 2. The molecule has 2 rings (SSSR count). The van der Waals surface area contributed by atoms with Gasteiger partial charge in [0.05, 0.1) is 23.1 Å². The summed E-state index contributed by atoms with van der Waals surface area (Å²) >= 11 is 0. The van der Waals surface area contributed by atoms with Crippen LogP contribution in [0.5, 0.6) is 5.75 Å². The Morgan fingerprint density at radius 2 is 2.00 bits per heavy atom. The summed E-state index contributed by atoms with van der Waals surface area (Å²) in [6.45, 7) is 4.58. The Bertz CT molecular complexity index is 751. The van der Waals surface area contributed by atoms with Crippen LogP contribution in [-0.2, 0) is 16.1 Å². The van der Waals surface area contributed by atoms with Crippen LogP contribution in [0.3, 0.4) is 0 Å². The fraction of sp³-hybridized carbons (Fsp3) is 0.444. The van der Waals surface area contributed by atoms with E-state index in [9.17, 15) is 14.0 Å². The van der Waals surface area contributed by atoms with E-state index in [1.165, 1.54) is 19.2 Å². The van der Waals surface area contributed by atoms with Gasteiger partial charge in [-0.1, -0.05) is 13.3 Å². The number of rotatable bonds is 9. The van der Waals surface area contributed by atoms with Gasteiger partial charge in [-0.25, -0.2) is 4.39 Å². The van der Waals surface area contributed by atoms with E-state index in [0.717, 1.165) is 12.8 Å². The van der Waals surface area contributed by atoms with E-state index >= 15 is 0 Å². The quantitative estimate of drug-likeness (QED) is 0.400. The summed E-state index contributed by atoms with van der Waals surface area (Å²) in [4.78, 5) is 24.4. The first-order chi connectivity index (χ1) is 11.5. The highest BCUT2D eigenvalue weighted by Crippen LogP contribution is 2.33. The van der Waals surface area contributed by atoms with Crippen molar-refractivity contribution in [2.45, 2.75) is 33.2 Å². The Morgan fingerprint density at radius 1 is 1.25 bits per heavy atom. The van der Waals surface area contributed by atoms with Gasteiger partial charge in [0.1, 0.15) is 18.2 Å². The van der Waals surface area contributed by atoms with Gasteiger partial charge < -0.3 is 14.0 Å². The first-order valence-corrected chi connectivity index (χ1v) is 8.05. The molecule has 5 nitrogen and oxygen atoms in total. The van der Waals surface area contributed by atoms with Crippen LogP contribution < -0.4 is 4.74 Å². The summed E-state index contributed by atoms with van der Waals surface area (Å²) in [5.41, 5.74) is 0.762. The van der Waals surface area contributed by atoms with Crippen molar-refractivity contribution in [2.75, 3.05) is 20.3 Å². The molecule has 0 spiro atoms. The Labute approximate surface area is 140 Å². The number of methoxy groups -OCH3 is 1. The molecule has 1 aromatic carbocycles. The van der Waals surface area contributed by atoms with Gasteiger partial charge in [0, 0.05) is 25.9 Å². The van der Waals surface area contributed by atoms with E-state index < -0.39 is 17.4 Å². The lowest BCUT2D eigenvalue weighted by Crippen LogP contribution is -2.19. The number of unbranched alkanes of at least 4 members (excludes halogenated alkanes) is 1. The van der Waals surface area contributed by atoms with Crippen LogP contribution in [0.2, 0.25) is 0 Å². The summed E-state index contributed by atoms with van der Waals surface area (Å²) in [5, 5.41) is 0.476. The van der Waals surface area contributed by atoms with Crippen LogP contribution in [0, 0.1) is 5.82 Å². The van der Waals surface area contributed by atoms with Gasteiger partial charge in [0.15, 0.2) is 0 Å². The second-order valence-corrected chi connectivity index (χ2v) is 5.51. The van der Waals surface area contributed by atoms with Gasteiger partial charge in [0.25, 0.3) is 0 Å². The number of aryl methyl sites for hydroxylation is 1. The SMILES string of the molecule is CCCCOc1cc(F)cc2c1c(C(=O)C(=O)COC)cn2CC. The number of nitrogens with zero attached hydrogens (tertiary/aromatic N) is 1. The Kier molecular flexibility index (Phi) is 6.09. The van der Waals surface area contributed by atoms with E-state index in [1.807, 2.05) is 13.8 Å². The van der Waals surface area contributed by atoms with Crippen molar-refractivity contribution in [3.05, 3.63) is 29.7 Å². The predicted octanol–water partition coefficient (Wildman–Crippen LogP) is 3.38. The van der Waals surface area contributed by atoms with E-state index in [1.54, 1.807) is 10.8 Å². The summed E-state index contributed by atoms with van der Waals surface area (Å²) in [5.74, 6) is -1.44. The van der Waals surface area contributed by atoms with Gasteiger partial charge in [0.2, 0.25) is 11.6 Å². The van der Waals surface area contributed by atoms with E-state index in [4.69, 9.17) is 9.47 Å². The lowest BCUT2D eigenvalue weighted by Gasteiger charge is -2.09. The van der Waals surface area contributed by atoms with Crippen LogP contribution in [0.15, 0.2) is 18.3 Å². The molecule has 0 fully saturated rings. The van der Waals surface area contributed by atoms with Gasteiger partial charge in [-0.2, -0.15) is 0 Å². The number of hydrogen-bond donors (Lipinski definition) is 0. The highest BCUT2D eigenvalue weighted by molar-refractivity contribution is 6.46. The van der Waals surface area contributed by atoms with Gasteiger partial charge >= 0.3 is 0 Å². The molecule has 24 heavy (non-hydrogen) atoms. The normalized spacial score (nSPS) is 11.0. The van der Waals surface area contributed by atoms with Crippen molar-refractivity contribution in [2.24, 2.45) is 0 Å². The maximum absolute atomic E-state index is 13.9. The van der Waals surface area contributed by atoms with Crippen molar-refractivity contribution in [1.82, 2.24) is 4.57 Å². The van der Waals surface area contributed by atoms with Crippen molar-refractivity contribution < 1.29 is 23.5 Å². The minimum atomic E-state index is -0.652. The molecular formula is C18H22FNO4. The summed E-state index contributed by atoms with van der Waals surface area (Å²) in [6.07, 6.45) is 3.33. The fourth-order valence-corrected chi connectivity index (χ4v) is 2.58. The highest BCUT2D eigenvalue weighted by Gasteiger charge is 2.24. The largest absolute Gasteiger partial charge is 0.493 e. The average molecular weight is 335 g/mol. The molecule has 0 aliphatic rings. The number of fused-ring (bicyclic) bond motifs is 1. The Hall–Kier alpha value is -2.21. The molecule has 0 bridgehead atoms. The molecule has 0 saturated carbocycles. The lowest BCUT2D eigenvalue weighted by molar-refractivity contribution is -0.118. The molecule has 0 amide bonds. The number of carbonyl (C=O) groups excluding carboxylic acids is 2. The van der Waals surface area contributed by atoms with Crippen molar-refractivity contribution in [3.63, 3.8) is 0 Å². The maximum Gasteiger partial charge on any atom is 0.233 e. The molecule has 0 atom stereocenters. The molecule has 0 N–H and O–H groups in total. The zero-order chi connectivity index (χ0) is 17.7.